The molecule has 1 aliphatic rings. The maximum Gasteiger partial charge on any atom is 0.117 e. The standard InChI is InChI=1S/C7H15FN2O2/c8-5-7(11)6-9-10-1-3-12-4-2-10/h7,9,11H,1-6H2. The lowest BCUT2D eigenvalue weighted by Gasteiger charge is -2.27. The fourth-order valence-corrected chi connectivity index (χ4v) is 1.01. The first-order chi connectivity index (χ1) is 5.83. The minimum atomic E-state index is -0.896. The van der Waals surface area contributed by atoms with Crippen LogP contribution < -0.4 is 5.43 Å². The van der Waals surface area contributed by atoms with Crippen LogP contribution in [0.5, 0.6) is 0 Å². The molecule has 1 atom stereocenters. The molecule has 1 heterocycles. The first kappa shape index (κ1) is 9.85. The van der Waals surface area contributed by atoms with E-state index < -0.39 is 12.8 Å². The Morgan fingerprint density at radius 2 is 2.17 bits per heavy atom. The zero-order chi connectivity index (χ0) is 8.81. The minimum Gasteiger partial charge on any atom is -0.389 e. The van der Waals surface area contributed by atoms with Crippen LogP contribution in [0.25, 0.3) is 0 Å². The molecule has 4 nitrogen and oxygen atoms in total. The molecule has 0 amide bonds. The van der Waals surface area contributed by atoms with Crippen molar-refractivity contribution < 1.29 is 14.2 Å². The van der Waals surface area contributed by atoms with Gasteiger partial charge in [-0.3, -0.25) is 5.43 Å². The number of alkyl halides is 1. The summed E-state index contributed by atoms with van der Waals surface area (Å²) in [6.07, 6.45) is -0.896. The van der Waals surface area contributed by atoms with E-state index in [1.807, 2.05) is 5.01 Å². The van der Waals surface area contributed by atoms with Gasteiger partial charge < -0.3 is 9.84 Å². The van der Waals surface area contributed by atoms with Gasteiger partial charge in [-0.15, -0.1) is 0 Å². The summed E-state index contributed by atoms with van der Waals surface area (Å²) in [6.45, 7) is 2.54. The van der Waals surface area contributed by atoms with Crippen molar-refractivity contribution in [3.63, 3.8) is 0 Å². The summed E-state index contributed by atoms with van der Waals surface area (Å²) < 4.78 is 16.9. The molecule has 0 radical (unpaired) electrons. The second-order valence-electron chi connectivity index (χ2n) is 2.77. The first-order valence-corrected chi connectivity index (χ1v) is 4.13. The monoisotopic (exact) mass is 178 g/mol. The Balaban J connectivity index is 2.05. The number of aliphatic hydroxyl groups is 1. The van der Waals surface area contributed by atoms with Gasteiger partial charge in [0, 0.05) is 19.6 Å². The molecule has 0 saturated carbocycles. The third-order valence-electron chi connectivity index (χ3n) is 1.74. The second kappa shape index (κ2) is 5.42. The topological polar surface area (TPSA) is 44.7 Å². The summed E-state index contributed by atoms with van der Waals surface area (Å²) in [5.41, 5.74) is 2.94. The second-order valence-corrected chi connectivity index (χ2v) is 2.77. The molecule has 1 saturated heterocycles. The molecule has 1 fully saturated rings. The molecule has 0 bridgehead atoms. The maximum atomic E-state index is 11.8. The van der Waals surface area contributed by atoms with Crippen LogP contribution in [0.1, 0.15) is 0 Å². The fraction of sp³-hybridized carbons (Fsp3) is 1.00. The number of hydrazine groups is 1. The van der Waals surface area contributed by atoms with Gasteiger partial charge in [0.1, 0.15) is 6.67 Å². The van der Waals surface area contributed by atoms with Gasteiger partial charge in [0.05, 0.1) is 19.3 Å². The summed E-state index contributed by atoms with van der Waals surface area (Å²) >= 11 is 0. The van der Waals surface area contributed by atoms with Gasteiger partial charge in [0.25, 0.3) is 0 Å². The van der Waals surface area contributed by atoms with Crippen LogP contribution in [0.15, 0.2) is 0 Å². The molecule has 0 spiro atoms. The van der Waals surface area contributed by atoms with E-state index in [4.69, 9.17) is 9.84 Å². The Kier molecular flexibility index (Phi) is 4.45. The molecule has 12 heavy (non-hydrogen) atoms. The Morgan fingerprint density at radius 3 is 2.75 bits per heavy atom. The lowest BCUT2D eigenvalue weighted by Crippen LogP contribution is -2.48. The third kappa shape index (κ3) is 3.44. The smallest absolute Gasteiger partial charge is 0.117 e. The number of nitrogens with one attached hydrogen (secondary N) is 1. The van der Waals surface area contributed by atoms with E-state index in [0.717, 1.165) is 13.1 Å². The Labute approximate surface area is 71.3 Å². The van der Waals surface area contributed by atoms with Crippen LogP contribution in [0.2, 0.25) is 0 Å². The van der Waals surface area contributed by atoms with E-state index >= 15 is 0 Å². The molecular weight excluding hydrogens is 163 g/mol. The van der Waals surface area contributed by atoms with Gasteiger partial charge in [-0.2, -0.15) is 0 Å². The Hall–Kier alpha value is -0.230. The Morgan fingerprint density at radius 1 is 1.50 bits per heavy atom. The normalized spacial score (nSPS) is 22.5. The summed E-state index contributed by atoms with van der Waals surface area (Å²) in [4.78, 5) is 0. The summed E-state index contributed by atoms with van der Waals surface area (Å²) in [6, 6.07) is 0. The van der Waals surface area contributed by atoms with E-state index in [1.165, 1.54) is 0 Å². The highest BCUT2D eigenvalue weighted by molar-refractivity contribution is 4.60. The van der Waals surface area contributed by atoms with E-state index in [-0.39, 0.29) is 6.54 Å². The fourth-order valence-electron chi connectivity index (χ4n) is 1.01. The van der Waals surface area contributed by atoms with Crippen LogP contribution in [0, 0.1) is 0 Å². The molecule has 1 unspecified atom stereocenters. The van der Waals surface area contributed by atoms with Gasteiger partial charge in [0.2, 0.25) is 0 Å². The first-order valence-electron chi connectivity index (χ1n) is 4.13. The number of aliphatic hydroxyl groups excluding tert-OH is 1. The number of nitrogens with zero attached hydrogens (tertiary/aromatic N) is 1. The molecule has 5 heteroatoms. The lowest BCUT2D eigenvalue weighted by molar-refractivity contribution is 0.00145. The Bertz CT molecular complexity index is 120. The summed E-state index contributed by atoms with van der Waals surface area (Å²) in [5, 5.41) is 10.8. The predicted octanol–water partition coefficient (Wildman–Crippen LogP) is -0.846. The molecule has 0 aromatic heterocycles. The number of hydrogen-bond acceptors (Lipinski definition) is 4. The van der Waals surface area contributed by atoms with Crippen molar-refractivity contribution in [3.8, 4) is 0 Å². The average molecular weight is 178 g/mol. The highest BCUT2D eigenvalue weighted by atomic mass is 19.1. The minimum absolute atomic E-state index is 0.274. The van der Waals surface area contributed by atoms with Crippen LogP contribution in [-0.2, 0) is 4.74 Å². The van der Waals surface area contributed by atoms with Crippen molar-refractivity contribution in [2.24, 2.45) is 0 Å². The van der Waals surface area contributed by atoms with Crippen molar-refractivity contribution in [3.05, 3.63) is 0 Å². The van der Waals surface area contributed by atoms with Crippen molar-refractivity contribution in [2.45, 2.75) is 6.10 Å². The van der Waals surface area contributed by atoms with Gasteiger partial charge in [-0.25, -0.2) is 9.40 Å². The van der Waals surface area contributed by atoms with Crippen LogP contribution in [0.3, 0.4) is 0 Å². The van der Waals surface area contributed by atoms with Gasteiger partial charge in [-0.05, 0) is 0 Å². The third-order valence-corrected chi connectivity index (χ3v) is 1.74. The molecule has 1 aliphatic heterocycles. The molecular formula is C7H15FN2O2. The molecule has 0 aromatic carbocycles. The number of hydrogen-bond donors (Lipinski definition) is 2. The highest BCUT2D eigenvalue weighted by Gasteiger charge is 2.11. The predicted molar refractivity (Wildman–Crippen MR) is 42.4 cm³/mol. The highest BCUT2D eigenvalue weighted by Crippen LogP contribution is 1.92. The van der Waals surface area contributed by atoms with Gasteiger partial charge >= 0.3 is 0 Å². The van der Waals surface area contributed by atoms with Crippen LogP contribution in [0.4, 0.5) is 4.39 Å². The van der Waals surface area contributed by atoms with E-state index in [2.05, 4.69) is 5.43 Å². The van der Waals surface area contributed by atoms with E-state index in [9.17, 15) is 4.39 Å². The van der Waals surface area contributed by atoms with E-state index in [1.54, 1.807) is 0 Å². The number of morpholine rings is 1. The zero-order valence-electron chi connectivity index (χ0n) is 7.00. The van der Waals surface area contributed by atoms with Crippen molar-refractivity contribution >= 4 is 0 Å². The van der Waals surface area contributed by atoms with Crippen molar-refractivity contribution in [1.29, 1.82) is 0 Å². The van der Waals surface area contributed by atoms with E-state index in [0.29, 0.717) is 13.2 Å². The van der Waals surface area contributed by atoms with Gasteiger partial charge in [-0.1, -0.05) is 0 Å². The van der Waals surface area contributed by atoms with Crippen LogP contribution in [-0.4, -0.2) is 55.7 Å². The number of rotatable bonds is 4. The number of halogens is 1. The quantitative estimate of drug-likeness (QED) is 0.589. The summed E-state index contributed by atoms with van der Waals surface area (Å²) in [7, 11) is 0. The largest absolute Gasteiger partial charge is 0.389 e. The summed E-state index contributed by atoms with van der Waals surface area (Å²) in [5.74, 6) is 0. The van der Waals surface area contributed by atoms with Crippen LogP contribution >= 0.6 is 0 Å². The van der Waals surface area contributed by atoms with Crippen molar-refractivity contribution in [1.82, 2.24) is 10.4 Å². The average Bonchev–Trinajstić information content (AvgIpc) is 2.16. The van der Waals surface area contributed by atoms with Gasteiger partial charge in [0.15, 0.2) is 0 Å². The number of ether oxygens (including phenoxy) is 1. The van der Waals surface area contributed by atoms with Crippen molar-refractivity contribution in [2.75, 3.05) is 39.5 Å². The lowest BCUT2D eigenvalue weighted by atomic mass is 10.4. The SMILES string of the molecule is OC(CF)CNN1CCOCC1. The molecule has 2 N–H and O–H groups in total. The maximum absolute atomic E-state index is 11.8. The molecule has 0 aromatic rings. The molecule has 1 rings (SSSR count). The molecule has 0 aliphatic carbocycles. The molecule has 72 valence electrons. The zero-order valence-corrected chi connectivity index (χ0v) is 7.00.